The molecule has 0 bridgehead atoms. The van der Waals surface area contributed by atoms with Crippen LogP contribution in [0.5, 0.6) is 0 Å². The fourth-order valence-corrected chi connectivity index (χ4v) is 3.64. The zero-order valence-corrected chi connectivity index (χ0v) is 15.1. The first-order chi connectivity index (χ1) is 11.1. The van der Waals surface area contributed by atoms with Crippen LogP contribution in [0.1, 0.15) is 36.7 Å². The van der Waals surface area contributed by atoms with Crippen molar-refractivity contribution in [3.05, 3.63) is 59.7 Å². The summed E-state index contributed by atoms with van der Waals surface area (Å²) in [6.07, 6.45) is 0. The molecular formula is C18H22N2O3S. The second-order valence-corrected chi connectivity index (χ2v) is 8.33. The van der Waals surface area contributed by atoms with Crippen LogP contribution in [0, 0.1) is 6.92 Å². The molecule has 0 unspecified atom stereocenters. The maximum atomic E-state index is 12.5. The number of rotatable bonds is 4. The Morgan fingerprint density at radius 2 is 1.62 bits per heavy atom. The largest absolute Gasteiger partial charge is 0.322 e. The zero-order valence-electron chi connectivity index (χ0n) is 14.3. The van der Waals surface area contributed by atoms with Crippen molar-refractivity contribution < 1.29 is 13.2 Å². The Kier molecular flexibility index (Phi) is 5.11. The monoisotopic (exact) mass is 346 g/mol. The number of hydrogen-bond acceptors (Lipinski definition) is 3. The summed E-state index contributed by atoms with van der Waals surface area (Å²) in [7, 11) is -3.69. The predicted molar refractivity (Wildman–Crippen MR) is 95.6 cm³/mol. The van der Waals surface area contributed by atoms with Gasteiger partial charge in [-0.2, -0.15) is 0 Å². The standard InChI is InChI=1S/C18H22N2O3S/c1-13-10-11-15(24(22,23)20-18(2,3)4)12-16(13)17(21)19-14-8-6-5-7-9-14/h5-12,20H,1-4H3,(H,19,21). The highest BCUT2D eigenvalue weighted by Crippen LogP contribution is 2.19. The summed E-state index contributed by atoms with van der Waals surface area (Å²) in [5.74, 6) is -0.341. The zero-order chi connectivity index (χ0) is 18.0. The van der Waals surface area contributed by atoms with E-state index in [0.717, 1.165) is 0 Å². The van der Waals surface area contributed by atoms with Gasteiger partial charge in [0.2, 0.25) is 10.0 Å². The van der Waals surface area contributed by atoms with Crippen LogP contribution in [0.25, 0.3) is 0 Å². The lowest BCUT2D eigenvalue weighted by Gasteiger charge is -2.20. The molecule has 0 fully saturated rings. The van der Waals surface area contributed by atoms with Crippen LogP contribution < -0.4 is 10.0 Å². The number of anilines is 1. The fraction of sp³-hybridized carbons (Fsp3) is 0.278. The average molecular weight is 346 g/mol. The summed E-state index contributed by atoms with van der Waals surface area (Å²) < 4.78 is 27.5. The molecule has 0 aliphatic heterocycles. The van der Waals surface area contributed by atoms with Crippen molar-refractivity contribution in [3.8, 4) is 0 Å². The molecule has 2 aromatic rings. The third-order valence-corrected chi connectivity index (χ3v) is 4.99. The SMILES string of the molecule is Cc1ccc(S(=O)(=O)NC(C)(C)C)cc1C(=O)Nc1ccccc1. The van der Waals surface area contributed by atoms with Gasteiger partial charge in [0.1, 0.15) is 0 Å². The molecule has 0 heterocycles. The van der Waals surface area contributed by atoms with Crippen LogP contribution in [0.15, 0.2) is 53.4 Å². The average Bonchev–Trinajstić information content (AvgIpc) is 2.46. The van der Waals surface area contributed by atoms with Crippen molar-refractivity contribution in [2.75, 3.05) is 5.32 Å². The first-order valence-corrected chi connectivity index (χ1v) is 9.08. The molecule has 0 spiro atoms. The second kappa shape index (κ2) is 6.75. The number of para-hydroxylation sites is 1. The number of sulfonamides is 1. The lowest BCUT2D eigenvalue weighted by Crippen LogP contribution is -2.40. The number of aryl methyl sites for hydroxylation is 1. The molecule has 0 aliphatic carbocycles. The number of amides is 1. The molecule has 0 atom stereocenters. The van der Waals surface area contributed by atoms with Gasteiger partial charge in [-0.3, -0.25) is 4.79 Å². The number of nitrogens with one attached hydrogen (secondary N) is 2. The van der Waals surface area contributed by atoms with Crippen LogP contribution in [0.3, 0.4) is 0 Å². The Morgan fingerprint density at radius 3 is 2.21 bits per heavy atom. The molecule has 5 nitrogen and oxygen atoms in total. The van der Waals surface area contributed by atoms with E-state index >= 15 is 0 Å². The van der Waals surface area contributed by atoms with Gasteiger partial charge in [-0.1, -0.05) is 24.3 Å². The number of carbonyl (C=O) groups is 1. The molecule has 0 aliphatic rings. The van der Waals surface area contributed by atoms with E-state index in [1.54, 1.807) is 45.9 Å². The Balaban J connectivity index is 2.34. The topological polar surface area (TPSA) is 75.3 Å². The maximum absolute atomic E-state index is 12.5. The molecule has 2 aromatic carbocycles. The van der Waals surface area contributed by atoms with Crippen molar-refractivity contribution in [2.24, 2.45) is 0 Å². The van der Waals surface area contributed by atoms with Crippen molar-refractivity contribution in [1.82, 2.24) is 4.72 Å². The van der Waals surface area contributed by atoms with Crippen LogP contribution in [-0.2, 0) is 10.0 Å². The predicted octanol–water partition coefficient (Wildman–Crippen LogP) is 3.32. The van der Waals surface area contributed by atoms with Gasteiger partial charge in [0.25, 0.3) is 5.91 Å². The highest BCUT2D eigenvalue weighted by Gasteiger charge is 2.23. The molecule has 0 saturated heterocycles. The molecule has 24 heavy (non-hydrogen) atoms. The van der Waals surface area contributed by atoms with Gasteiger partial charge in [-0.25, -0.2) is 13.1 Å². The van der Waals surface area contributed by atoms with Crippen LogP contribution >= 0.6 is 0 Å². The summed E-state index contributed by atoms with van der Waals surface area (Å²) in [5.41, 5.74) is 1.09. The molecular weight excluding hydrogens is 324 g/mol. The smallest absolute Gasteiger partial charge is 0.255 e. The van der Waals surface area contributed by atoms with E-state index < -0.39 is 15.6 Å². The van der Waals surface area contributed by atoms with Crippen molar-refractivity contribution in [1.29, 1.82) is 0 Å². The van der Waals surface area contributed by atoms with Crippen LogP contribution in [-0.4, -0.2) is 19.9 Å². The van der Waals surface area contributed by atoms with Gasteiger partial charge >= 0.3 is 0 Å². The van der Waals surface area contributed by atoms with Gasteiger partial charge in [-0.05, 0) is 57.5 Å². The molecule has 0 radical (unpaired) electrons. The molecule has 6 heteroatoms. The van der Waals surface area contributed by atoms with E-state index in [2.05, 4.69) is 10.0 Å². The van der Waals surface area contributed by atoms with Gasteiger partial charge in [0.05, 0.1) is 4.90 Å². The van der Waals surface area contributed by atoms with Gasteiger partial charge in [0.15, 0.2) is 0 Å². The molecule has 128 valence electrons. The second-order valence-electron chi connectivity index (χ2n) is 6.65. The lowest BCUT2D eigenvalue weighted by molar-refractivity contribution is 0.102. The summed E-state index contributed by atoms with van der Waals surface area (Å²) >= 11 is 0. The fourth-order valence-electron chi connectivity index (χ4n) is 2.19. The molecule has 2 N–H and O–H groups in total. The summed E-state index contributed by atoms with van der Waals surface area (Å²) in [5, 5.41) is 2.77. The van der Waals surface area contributed by atoms with E-state index in [9.17, 15) is 13.2 Å². The minimum absolute atomic E-state index is 0.0706. The number of hydrogen-bond donors (Lipinski definition) is 2. The van der Waals surface area contributed by atoms with Crippen LogP contribution in [0.2, 0.25) is 0 Å². The normalized spacial score (nSPS) is 12.0. The van der Waals surface area contributed by atoms with E-state index in [1.807, 2.05) is 18.2 Å². The molecule has 0 saturated carbocycles. The molecule has 1 amide bonds. The van der Waals surface area contributed by atoms with Gasteiger partial charge in [0, 0.05) is 16.8 Å². The van der Waals surface area contributed by atoms with Crippen molar-refractivity contribution in [3.63, 3.8) is 0 Å². The van der Waals surface area contributed by atoms with E-state index in [4.69, 9.17) is 0 Å². The Labute approximate surface area is 143 Å². The lowest BCUT2D eigenvalue weighted by atomic mass is 10.1. The quantitative estimate of drug-likeness (QED) is 0.892. The first-order valence-electron chi connectivity index (χ1n) is 7.59. The van der Waals surface area contributed by atoms with Gasteiger partial charge in [-0.15, -0.1) is 0 Å². The van der Waals surface area contributed by atoms with E-state index in [1.165, 1.54) is 12.1 Å². The Morgan fingerprint density at radius 1 is 1.00 bits per heavy atom. The highest BCUT2D eigenvalue weighted by atomic mass is 32.2. The minimum Gasteiger partial charge on any atom is -0.322 e. The van der Waals surface area contributed by atoms with E-state index in [0.29, 0.717) is 16.8 Å². The third-order valence-electron chi connectivity index (χ3n) is 3.24. The highest BCUT2D eigenvalue weighted by molar-refractivity contribution is 7.89. The minimum atomic E-state index is -3.69. The Bertz CT molecular complexity index is 838. The van der Waals surface area contributed by atoms with Gasteiger partial charge < -0.3 is 5.32 Å². The van der Waals surface area contributed by atoms with E-state index in [-0.39, 0.29) is 10.8 Å². The summed E-state index contributed by atoms with van der Waals surface area (Å²) in [6.45, 7) is 7.07. The molecule has 0 aromatic heterocycles. The number of carbonyl (C=O) groups excluding carboxylic acids is 1. The Hall–Kier alpha value is -2.18. The summed E-state index contributed by atoms with van der Waals surface area (Å²) in [4.78, 5) is 12.5. The maximum Gasteiger partial charge on any atom is 0.255 e. The van der Waals surface area contributed by atoms with Crippen molar-refractivity contribution in [2.45, 2.75) is 38.1 Å². The van der Waals surface area contributed by atoms with Crippen LogP contribution in [0.4, 0.5) is 5.69 Å². The summed E-state index contributed by atoms with van der Waals surface area (Å²) in [6, 6.07) is 13.6. The van der Waals surface area contributed by atoms with Crippen molar-refractivity contribution >= 4 is 21.6 Å². The number of benzene rings is 2. The molecule has 2 rings (SSSR count). The first kappa shape index (κ1) is 18.2. The third kappa shape index (κ3) is 4.66.